The minimum absolute atomic E-state index is 0.232. The third-order valence-electron chi connectivity index (χ3n) is 2.46. The van der Waals surface area contributed by atoms with Gasteiger partial charge in [-0.15, -0.1) is 0 Å². The van der Waals surface area contributed by atoms with Crippen molar-refractivity contribution in [1.29, 1.82) is 0 Å². The van der Waals surface area contributed by atoms with Crippen LogP contribution in [0.15, 0.2) is 36.4 Å². The molecule has 0 heterocycles. The summed E-state index contributed by atoms with van der Waals surface area (Å²) in [6, 6.07) is 7.67. The molecule has 0 aliphatic carbocycles. The van der Waals surface area contributed by atoms with Crippen molar-refractivity contribution in [3.8, 4) is 5.75 Å². The van der Waals surface area contributed by atoms with Gasteiger partial charge in [-0.2, -0.15) is 0 Å². The maximum atomic E-state index is 12.9. The Morgan fingerprint density at radius 2 is 1.53 bits per heavy atom. The van der Waals surface area contributed by atoms with E-state index in [0.717, 1.165) is 5.56 Å². The van der Waals surface area contributed by atoms with Gasteiger partial charge >= 0.3 is 5.97 Å². The number of benzene rings is 2. The van der Waals surface area contributed by atoms with Crippen LogP contribution < -0.4 is 4.74 Å². The molecule has 0 amide bonds. The molecule has 19 heavy (non-hydrogen) atoms. The summed E-state index contributed by atoms with van der Waals surface area (Å²) >= 11 is 0. The maximum Gasteiger partial charge on any atom is 0.343 e. The van der Waals surface area contributed by atoms with Gasteiger partial charge in [0, 0.05) is 12.1 Å². The zero-order valence-electron chi connectivity index (χ0n) is 9.91. The summed E-state index contributed by atoms with van der Waals surface area (Å²) in [6.07, 6.45) is 0. The molecule has 0 aliphatic heterocycles. The number of esters is 1. The average Bonchev–Trinajstić information content (AvgIpc) is 2.36. The summed E-state index contributed by atoms with van der Waals surface area (Å²) in [7, 11) is 0. The lowest BCUT2D eigenvalue weighted by molar-refractivity contribution is 0.0733. The van der Waals surface area contributed by atoms with Gasteiger partial charge in [-0.3, -0.25) is 0 Å². The van der Waals surface area contributed by atoms with Crippen molar-refractivity contribution in [2.75, 3.05) is 0 Å². The first-order valence-electron chi connectivity index (χ1n) is 5.41. The highest BCUT2D eigenvalue weighted by Gasteiger charge is 2.14. The summed E-state index contributed by atoms with van der Waals surface area (Å²) in [4.78, 5) is 11.7. The minimum Gasteiger partial charge on any atom is -0.423 e. The van der Waals surface area contributed by atoms with Gasteiger partial charge in [0.25, 0.3) is 0 Å². The Kier molecular flexibility index (Phi) is 3.55. The number of ether oxygens (including phenoxy) is 1. The van der Waals surface area contributed by atoms with E-state index >= 15 is 0 Å². The molecule has 0 aliphatic rings. The van der Waals surface area contributed by atoms with Gasteiger partial charge in [0.15, 0.2) is 17.5 Å². The third kappa shape index (κ3) is 2.93. The Hall–Kier alpha value is -2.30. The number of carbonyl (C=O) groups is 1. The third-order valence-corrected chi connectivity index (χ3v) is 2.46. The summed E-state index contributed by atoms with van der Waals surface area (Å²) in [5, 5.41) is 0. The van der Waals surface area contributed by atoms with Gasteiger partial charge in [-0.25, -0.2) is 18.0 Å². The number of hydrogen-bond donors (Lipinski definition) is 0. The van der Waals surface area contributed by atoms with Crippen LogP contribution in [0.5, 0.6) is 5.75 Å². The van der Waals surface area contributed by atoms with E-state index in [2.05, 4.69) is 0 Å². The normalized spacial score (nSPS) is 10.3. The van der Waals surface area contributed by atoms with E-state index in [9.17, 15) is 18.0 Å². The lowest BCUT2D eigenvalue weighted by atomic mass is 10.1. The van der Waals surface area contributed by atoms with Gasteiger partial charge in [-0.1, -0.05) is 17.7 Å². The Morgan fingerprint density at radius 1 is 1.00 bits per heavy atom. The number of aryl methyl sites for hydroxylation is 1. The molecule has 0 saturated carbocycles. The number of carbonyl (C=O) groups excluding carboxylic acids is 1. The summed E-state index contributed by atoms with van der Waals surface area (Å²) in [5.74, 6) is -5.58. The second-order valence-corrected chi connectivity index (χ2v) is 3.96. The lowest BCUT2D eigenvalue weighted by Gasteiger charge is -2.05. The van der Waals surface area contributed by atoms with Crippen molar-refractivity contribution in [2.24, 2.45) is 0 Å². The Bertz CT molecular complexity index is 598. The smallest absolute Gasteiger partial charge is 0.343 e. The molecule has 2 rings (SSSR count). The van der Waals surface area contributed by atoms with E-state index in [1.165, 1.54) is 12.1 Å². The maximum absolute atomic E-state index is 12.9. The Morgan fingerprint density at radius 3 is 2.05 bits per heavy atom. The first-order valence-corrected chi connectivity index (χ1v) is 5.41. The van der Waals surface area contributed by atoms with E-state index in [4.69, 9.17) is 4.74 Å². The molecular weight excluding hydrogens is 257 g/mol. The summed E-state index contributed by atoms with van der Waals surface area (Å²) < 4.78 is 43.4. The fourth-order valence-corrected chi connectivity index (χ4v) is 1.45. The van der Waals surface area contributed by atoms with E-state index in [0.29, 0.717) is 12.1 Å². The zero-order chi connectivity index (χ0) is 14.0. The number of halogens is 3. The fourth-order valence-electron chi connectivity index (χ4n) is 1.45. The van der Waals surface area contributed by atoms with Crippen molar-refractivity contribution in [3.05, 3.63) is 65.0 Å². The monoisotopic (exact) mass is 266 g/mol. The summed E-state index contributed by atoms with van der Waals surface area (Å²) in [5.41, 5.74) is 1.19. The van der Waals surface area contributed by atoms with Gasteiger partial charge in [0.1, 0.15) is 5.75 Å². The molecule has 0 radical (unpaired) electrons. The molecule has 2 aromatic carbocycles. The number of rotatable bonds is 2. The van der Waals surface area contributed by atoms with Crippen LogP contribution >= 0.6 is 0 Å². The van der Waals surface area contributed by atoms with Crippen LogP contribution in [0, 0.1) is 24.4 Å². The molecule has 0 bridgehead atoms. The first kappa shape index (κ1) is 13.1. The van der Waals surface area contributed by atoms with Crippen molar-refractivity contribution in [2.45, 2.75) is 6.92 Å². The molecule has 2 aromatic rings. The SMILES string of the molecule is Cc1ccc(C(=O)Oc2cc(F)c(F)c(F)c2)cc1. The van der Waals surface area contributed by atoms with Crippen molar-refractivity contribution < 1.29 is 22.7 Å². The van der Waals surface area contributed by atoms with Gasteiger partial charge in [0.05, 0.1) is 5.56 Å². The largest absolute Gasteiger partial charge is 0.423 e. The second-order valence-electron chi connectivity index (χ2n) is 3.96. The van der Waals surface area contributed by atoms with Crippen LogP contribution in [-0.4, -0.2) is 5.97 Å². The second kappa shape index (κ2) is 5.14. The molecule has 0 spiro atoms. The molecule has 0 atom stereocenters. The molecule has 0 N–H and O–H groups in total. The van der Waals surface area contributed by atoms with Crippen LogP contribution in [0.25, 0.3) is 0 Å². The van der Waals surface area contributed by atoms with Gasteiger partial charge < -0.3 is 4.74 Å². The predicted molar refractivity (Wildman–Crippen MR) is 62.5 cm³/mol. The van der Waals surface area contributed by atoms with Gasteiger partial charge in [0.2, 0.25) is 0 Å². The van der Waals surface area contributed by atoms with Crippen molar-refractivity contribution >= 4 is 5.97 Å². The van der Waals surface area contributed by atoms with Crippen LogP contribution in [0.4, 0.5) is 13.2 Å². The van der Waals surface area contributed by atoms with E-state index in [1.807, 2.05) is 6.92 Å². The summed E-state index contributed by atoms with van der Waals surface area (Å²) in [6.45, 7) is 1.85. The van der Waals surface area contributed by atoms with Crippen molar-refractivity contribution in [3.63, 3.8) is 0 Å². The first-order chi connectivity index (χ1) is 8.97. The fraction of sp³-hybridized carbons (Fsp3) is 0.0714. The van der Waals surface area contributed by atoms with E-state index in [-0.39, 0.29) is 11.3 Å². The highest BCUT2D eigenvalue weighted by molar-refractivity contribution is 5.91. The average molecular weight is 266 g/mol. The zero-order valence-corrected chi connectivity index (χ0v) is 9.91. The molecule has 98 valence electrons. The minimum atomic E-state index is -1.60. The van der Waals surface area contributed by atoms with Crippen LogP contribution in [0.2, 0.25) is 0 Å². The molecule has 5 heteroatoms. The van der Waals surface area contributed by atoms with E-state index in [1.54, 1.807) is 12.1 Å². The highest BCUT2D eigenvalue weighted by Crippen LogP contribution is 2.20. The van der Waals surface area contributed by atoms with Gasteiger partial charge in [-0.05, 0) is 19.1 Å². The molecule has 0 aromatic heterocycles. The van der Waals surface area contributed by atoms with Crippen LogP contribution in [0.3, 0.4) is 0 Å². The lowest BCUT2D eigenvalue weighted by Crippen LogP contribution is -2.09. The standard InChI is InChI=1S/C14H9F3O2/c1-8-2-4-9(5-3-8)14(18)19-10-6-11(15)13(17)12(16)7-10/h2-7H,1H3. The highest BCUT2D eigenvalue weighted by atomic mass is 19.2. The van der Waals surface area contributed by atoms with Crippen LogP contribution in [-0.2, 0) is 0 Å². The topological polar surface area (TPSA) is 26.3 Å². The molecule has 0 saturated heterocycles. The number of hydrogen-bond acceptors (Lipinski definition) is 2. The van der Waals surface area contributed by atoms with Crippen molar-refractivity contribution in [1.82, 2.24) is 0 Å². The van der Waals surface area contributed by atoms with Crippen LogP contribution in [0.1, 0.15) is 15.9 Å². The molecule has 0 unspecified atom stereocenters. The molecule has 2 nitrogen and oxygen atoms in total. The predicted octanol–water partition coefficient (Wildman–Crippen LogP) is 3.63. The van der Waals surface area contributed by atoms with E-state index < -0.39 is 23.4 Å². The Balaban J connectivity index is 2.22. The quantitative estimate of drug-likeness (QED) is 0.471. The molecule has 0 fully saturated rings. The molecular formula is C14H9F3O2. The Labute approximate surface area is 107 Å².